The lowest BCUT2D eigenvalue weighted by atomic mass is 9.50. The minimum absolute atomic E-state index is 0.0680. The van der Waals surface area contributed by atoms with Crippen LogP contribution in [0.4, 0.5) is 0 Å². The van der Waals surface area contributed by atoms with E-state index in [0.717, 1.165) is 32.2 Å². The van der Waals surface area contributed by atoms with Gasteiger partial charge in [-0.15, -0.1) is 0 Å². The smallest absolute Gasteiger partial charge is 0.206 e. The molecule has 1 aromatic rings. The van der Waals surface area contributed by atoms with E-state index in [9.17, 15) is 5.11 Å². The van der Waals surface area contributed by atoms with Gasteiger partial charge in [0.05, 0.1) is 13.2 Å². The first-order chi connectivity index (χ1) is 11.7. The Morgan fingerprint density at radius 1 is 1.21 bits per heavy atom. The third kappa shape index (κ3) is 1.37. The van der Waals surface area contributed by atoms with Gasteiger partial charge in [-0.1, -0.05) is 6.07 Å². The number of rotatable bonds is 0. The summed E-state index contributed by atoms with van der Waals surface area (Å²) in [5.41, 5.74) is 2.54. The Hall–Kier alpha value is -1.30. The highest BCUT2D eigenvalue weighted by Gasteiger charge is 2.71. The van der Waals surface area contributed by atoms with Crippen molar-refractivity contribution >= 4 is 0 Å². The van der Waals surface area contributed by atoms with Gasteiger partial charge in [0.2, 0.25) is 5.79 Å². The monoisotopic (exact) mass is 329 g/mol. The fourth-order valence-electron chi connectivity index (χ4n) is 6.47. The Kier molecular flexibility index (Phi) is 2.47. The highest BCUT2D eigenvalue weighted by Crippen LogP contribution is 2.66. The Morgan fingerprint density at radius 2 is 2.04 bits per heavy atom. The molecule has 2 aliphatic carbocycles. The van der Waals surface area contributed by atoms with Crippen molar-refractivity contribution in [1.82, 2.24) is 4.90 Å². The molecule has 0 radical (unpaired) electrons. The summed E-state index contributed by atoms with van der Waals surface area (Å²) in [4.78, 5) is 2.52. The summed E-state index contributed by atoms with van der Waals surface area (Å²) >= 11 is 0. The summed E-state index contributed by atoms with van der Waals surface area (Å²) in [5.74, 6) is 0.889. The van der Waals surface area contributed by atoms with Crippen molar-refractivity contribution in [2.45, 2.75) is 49.0 Å². The fourth-order valence-corrected chi connectivity index (χ4v) is 6.47. The summed E-state index contributed by atoms with van der Waals surface area (Å²) in [5, 5.41) is 10.5. The van der Waals surface area contributed by atoms with Gasteiger partial charge in [0.25, 0.3) is 0 Å². The van der Waals surface area contributed by atoms with Crippen LogP contribution in [0.15, 0.2) is 12.1 Å². The number of fused-ring (bicyclic) bond motifs is 1. The number of likely N-dealkylation sites (tertiary alicyclic amines) is 1. The first kappa shape index (κ1) is 13.9. The normalized spacial score (nSPS) is 41.3. The number of nitrogens with zero attached hydrogens (tertiary/aromatic N) is 1. The van der Waals surface area contributed by atoms with Gasteiger partial charge in [-0.3, -0.25) is 0 Å². The maximum absolute atomic E-state index is 10.5. The van der Waals surface area contributed by atoms with Crippen molar-refractivity contribution in [3.63, 3.8) is 0 Å². The van der Waals surface area contributed by atoms with Gasteiger partial charge in [-0.25, -0.2) is 0 Å². The van der Waals surface area contributed by atoms with Crippen LogP contribution in [0.2, 0.25) is 0 Å². The van der Waals surface area contributed by atoms with E-state index in [1.807, 2.05) is 0 Å². The number of hydrogen-bond acceptors (Lipinski definition) is 5. The predicted molar refractivity (Wildman–Crippen MR) is 86.3 cm³/mol. The van der Waals surface area contributed by atoms with E-state index in [4.69, 9.17) is 14.2 Å². The molecule has 3 heterocycles. The summed E-state index contributed by atoms with van der Waals surface area (Å²) in [7, 11) is 2.25. The number of aromatic hydroxyl groups is 1. The van der Waals surface area contributed by atoms with Gasteiger partial charge in [0.1, 0.15) is 0 Å². The lowest BCUT2D eigenvalue weighted by Gasteiger charge is -2.60. The highest BCUT2D eigenvalue weighted by molar-refractivity contribution is 5.61. The second-order valence-corrected chi connectivity index (χ2v) is 8.14. The van der Waals surface area contributed by atoms with Crippen molar-refractivity contribution in [3.05, 3.63) is 23.3 Å². The lowest BCUT2D eigenvalue weighted by molar-refractivity contribution is -0.260. The van der Waals surface area contributed by atoms with Gasteiger partial charge in [0.15, 0.2) is 17.6 Å². The molecule has 0 unspecified atom stereocenters. The van der Waals surface area contributed by atoms with Gasteiger partial charge in [-0.05, 0) is 50.4 Å². The molecule has 128 valence electrons. The van der Waals surface area contributed by atoms with Gasteiger partial charge in [0, 0.05) is 23.4 Å². The Morgan fingerprint density at radius 3 is 2.88 bits per heavy atom. The van der Waals surface area contributed by atoms with E-state index in [2.05, 4.69) is 18.0 Å². The third-order valence-electron chi connectivity index (χ3n) is 7.37. The van der Waals surface area contributed by atoms with Crippen molar-refractivity contribution < 1.29 is 19.3 Å². The quantitative estimate of drug-likeness (QED) is 0.787. The van der Waals surface area contributed by atoms with E-state index >= 15 is 0 Å². The molecule has 5 heteroatoms. The van der Waals surface area contributed by atoms with Crippen LogP contribution in [0.1, 0.15) is 30.4 Å². The van der Waals surface area contributed by atoms with E-state index in [1.165, 1.54) is 11.1 Å². The molecule has 5 nitrogen and oxygen atoms in total. The number of phenols is 1. The Labute approximate surface area is 141 Å². The molecule has 3 aliphatic heterocycles. The molecular weight excluding hydrogens is 306 g/mol. The molecule has 2 bridgehead atoms. The molecule has 0 aromatic heterocycles. The number of benzene rings is 1. The predicted octanol–water partition coefficient (Wildman–Crippen LogP) is 1.80. The first-order valence-corrected chi connectivity index (χ1v) is 9.16. The fraction of sp³-hybridized carbons (Fsp3) is 0.684. The molecule has 1 saturated carbocycles. The van der Waals surface area contributed by atoms with E-state index in [1.54, 1.807) is 6.07 Å². The number of ether oxygens (including phenoxy) is 3. The summed E-state index contributed by atoms with van der Waals surface area (Å²) < 4.78 is 18.8. The zero-order chi connectivity index (χ0) is 16.1. The largest absolute Gasteiger partial charge is 0.504 e. The topological polar surface area (TPSA) is 51.2 Å². The van der Waals surface area contributed by atoms with Gasteiger partial charge >= 0.3 is 0 Å². The molecule has 3 fully saturated rings. The summed E-state index contributed by atoms with van der Waals surface area (Å²) in [6.45, 7) is 2.34. The van der Waals surface area contributed by atoms with Crippen LogP contribution in [-0.2, 0) is 21.3 Å². The zero-order valence-electron chi connectivity index (χ0n) is 14.0. The lowest BCUT2D eigenvalue weighted by Crippen LogP contribution is -2.69. The minimum atomic E-state index is -0.628. The van der Waals surface area contributed by atoms with E-state index < -0.39 is 5.79 Å². The summed E-state index contributed by atoms with van der Waals surface area (Å²) in [6, 6.07) is 4.44. The Balaban J connectivity index is 1.63. The zero-order valence-corrected chi connectivity index (χ0v) is 14.0. The van der Waals surface area contributed by atoms with Crippen LogP contribution < -0.4 is 4.74 Å². The summed E-state index contributed by atoms with van der Waals surface area (Å²) in [6.07, 6.45) is 3.95. The van der Waals surface area contributed by atoms with Crippen molar-refractivity contribution in [2.24, 2.45) is 5.92 Å². The molecule has 1 N–H and O–H groups in total. The Bertz CT molecular complexity index is 728. The molecule has 1 aromatic carbocycles. The molecule has 0 amide bonds. The number of piperidine rings is 1. The average Bonchev–Trinajstić information content (AvgIpc) is 3.18. The van der Waals surface area contributed by atoms with Crippen LogP contribution in [0.25, 0.3) is 0 Å². The molecule has 2 saturated heterocycles. The SMILES string of the molecule is CN1CC[C@]23c4c5ccc(O)c4O[C@H]2C2(CC[C@H]3[C@H]1C5)OCCO2. The number of likely N-dealkylation sites (N-methyl/N-ethyl adjacent to an activating group) is 1. The van der Waals surface area contributed by atoms with E-state index in [0.29, 0.717) is 30.9 Å². The molecule has 24 heavy (non-hydrogen) atoms. The average molecular weight is 329 g/mol. The van der Waals surface area contributed by atoms with Crippen molar-refractivity contribution in [2.75, 3.05) is 26.8 Å². The molecule has 2 spiro atoms. The van der Waals surface area contributed by atoms with Crippen molar-refractivity contribution in [3.8, 4) is 11.5 Å². The van der Waals surface area contributed by atoms with Crippen LogP contribution in [0.3, 0.4) is 0 Å². The van der Waals surface area contributed by atoms with Crippen LogP contribution in [-0.4, -0.2) is 54.7 Å². The van der Waals surface area contributed by atoms with Crippen LogP contribution in [0.5, 0.6) is 11.5 Å². The van der Waals surface area contributed by atoms with Crippen LogP contribution in [0, 0.1) is 5.92 Å². The first-order valence-electron chi connectivity index (χ1n) is 9.16. The second kappa shape index (κ2) is 4.26. The maximum atomic E-state index is 10.5. The van der Waals surface area contributed by atoms with Crippen molar-refractivity contribution in [1.29, 1.82) is 0 Å². The van der Waals surface area contributed by atoms with Gasteiger partial charge < -0.3 is 24.2 Å². The van der Waals surface area contributed by atoms with E-state index in [-0.39, 0.29) is 17.3 Å². The second-order valence-electron chi connectivity index (χ2n) is 8.14. The molecule has 6 rings (SSSR count). The standard InChI is InChI=1S/C19H23NO4/c1-20-7-6-18-12-4-5-19(22-8-9-23-19)17(18)24-16-14(21)3-2-11(15(16)18)10-13(12)20/h2-3,12-13,17,21H,4-10H2,1H3/t12-,13+,17+,18-/m0/s1. The minimum Gasteiger partial charge on any atom is -0.504 e. The third-order valence-corrected chi connectivity index (χ3v) is 7.37. The van der Waals surface area contributed by atoms with Crippen LogP contribution >= 0.6 is 0 Å². The number of phenolic OH excluding ortho intramolecular Hbond substituents is 1. The maximum Gasteiger partial charge on any atom is 0.206 e. The highest BCUT2D eigenvalue weighted by atomic mass is 16.8. The number of hydrogen-bond donors (Lipinski definition) is 1. The van der Waals surface area contributed by atoms with Gasteiger partial charge in [-0.2, -0.15) is 0 Å². The molecule has 4 atom stereocenters. The molecule has 5 aliphatic rings. The molecular formula is C19H23NO4.